The maximum absolute atomic E-state index is 13.0. The van der Waals surface area contributed by atoms with Crippen LogP contribution in [0, 0.1) is 11.8 Å². The van der Waals surface area contributed by atoms with Crippen LogP contribution < -0.4 is 10.6 Å². The van der Waals surface area contributed by atoms with Gasteiger partial charge in [0.25, 0.3) is 5.91 Å². The lowest BCUT2D eigenvalue weighted by Crippen LogP contribution is -2.47. The topological polar surface area (TPSA) is 78.5 Å². The number of carbonyl (C=O) groups excluding carboxylic acids is 3. The summed E-state index contributed by atoms with van der Waals surface area (Å²) < 4.78 is 0. The van der Waals surface area contributed by atoms with E-state index in [0.717, 1.165) is 25.7 Å². The van der Waals surface area contributed by atoms with E-state index in [2.05, 4.69) is 10.6 Å². The van der Waals surface area contributed by atoms with E-state index in [1.165, 1.54) is 25.7 Å². The molecule has 1 heterocycles. The van der Waals surface area contributed by atoms with Gasteiger partial charge in [0.15, 0.2) is 0 Å². The molecule has 164 valence electrons. The van der Waals surface area contributed by atoms with Crippen molar-refractivity contribution < 1.29 is 14.4 Å². The molecule has 1 aromatic rings. The second-order valence-corrected chi connectivity index (χ2v) is 9.01. The highest BCUT2D eigenvalue weighted by atomic mass is 16.2. The third-order valence-corrected chi connectivity index (χ3v) is 6.20. The Balaban J connectivity index is 1.55. The highest BCUT2D eigenvalue weighted by molar-refractivity contribution is 5.96. The molecule has 30 heavy (non-hydrogen) atoms. The van der Waals surface area contributed by atoms with Crippen molar-refractivity contribution in [1.29, 1.82) is 0 Å². The summed E-state index contributed by atoms with van der Waals surface area (Å²) in [5.74, 6) is -0.223. The van der Waals surface area contributed by atoms with E-state index in [1.807, 2.05) is 13.8 Å². The summed E-state index contributed by atoms with van der Waals surface area (Å²) in [4.78, 5) is 39.4. The Morgan fingerprint density at radius 2 is 1.60 bits per heavy atom. The second kappa shape index (κ2) is 10.6. The van der Waals surface area contributed by atoms with Crippen molar-refractivity contribution in [2.45, 2.75) is 71.3 Å². The van der Waals surface area contributed by atoms with Crippen LogP contribution in [0.25, 0.3) is 0 Å². The molecule has 2 fully saturated rings. The van der Waals surface area contributed by atoms with Gasteiger partial charge in [0, 0.05) is 36.3 Å². The number of benzene rings is 1. The molecule has 2 aliphatic rings. The monoisotopic (exact) mass is 413 g/mol. The van der Waals surface area contributed by atoms with Crippen LogP contribution in [0.3, 0.4) is 0 Å². The number of hydrogen-bond acceptors (Lipinski definition) is 3. The smallest absolute Gasteiger partial charge is 0.253 e. The van der Waals surface area contributed by atoms with Gasteiger partial charge in [0.1, 0.15) is 0 Å². The Bertz CT molecular complexity index is 737. The lowest BCUT2D eigenvalue weighted by atomic mass is 9.95. The average Bonchev–Trinajstić information content (AvgIpc) is 3.02. The largest absolute Gasteiger partial charge is 0.353 e. The van der Waals surface area contributed by atoms with Gasteiger partial charge in [0.2, 0.25) is 11.8 Å². The Kier molecular flexibility index (Phi) is 7.88. The molecule has 2 N–H and O–H groups in total. The number of carbonyl (C=O) groups is 3. The summed E-state index contributed by atoms with van der Waals surface area (Å²) in [6.07, 6.45) is 8.72. The molecule has 0 bridgehead atoms. The van der Waals surface area contributed by atoms with Crippen LogP contribution in [0.15, 0.2) is 24.3 Å². The molecule has 6 nitrogen and oxygen atoms in total. The van der Waals surface area contributed by atoms with Crippen LogP contribution >= 0.6 is 0 Å². The molecule has 1 saturated heterocycles. The van der Waals surface area contributed by atoms with Crippen molar-refractivity contribution >= 4 is 23.4 Å². The van der Waals surface area contributed by atoms with E-state index in [9.17, 15) is 14.4 Å². The number of nitrogens with zero attached hydrogens (tertiary/aromatic N) is 1. The predicted octanol–water partition coefficient (Wildman–Crippen LogP) is 3.97. The highest BCUT2D eigenvalue weighted by Gasteiger charge is 2.30. The molecule has 3 amide bonds. The first kappa shape index (κ1) is 22.3. The molecule has 1 aliphatic heterocycles. The molecule has 0 spiro atoms. The number of likely N-dealkylation sites (tertiary alicyclic amines) is 1. The van der Waals surface area contributed by atoms with E-state index in [0.29, 0.717) is 30.4 Å². The van der Waals surface area contributed by atoms with Gasteiger partial charge in [-0.25, -0.2) is 0 Å². The lowest BCUT2D eigenvalue weighted by molar-refractivity contribution is -0.127. The van der Waals surface area contributed by atoms with Gasteiger partial charge >= 0.3 is 0 Å². The van der Waals surface area contributed by atoms with Crippen molar-refractivity contribution in [3.63, 3.8) is 0 Å². The standard InChI is InChI=1S/C24H35N3O3/c1-17(2)22(28)25-21-13-11-18(12-14-21)24(30)27-15-7-8-19(16-27)23(29)26-20-9-5-3-4-6-10-20/h11-14,17,19-20H,3-10,15-16H2,1-2H3,(H,25,28)(H,26,29). The van der Waals surface area contributed by atoms with Crippen molar-refractivity contribution in [2.24, 2.45) is 11.8 Å². The number of piperidine rings is 1. The minimum atomic E-state index is -0.129. The zero-order valence-electron chi connectivity index (χ0n) is 18.3. The van der Waals surface area contributed by atoms with E-state index < -0.39 is 0 Å². The molecule has 1 aliphatic carbocycles. The summed E-state index contributed by atoms with van der Waals surface area (Å²) in [6, 6.07) is 7.29. The Morgan fingerprint density at radius 3 is 2.23 bits per heavy atom. The van der Waals surface area contributed by atoms with Gasteiger partial charge < -0.3 is 15.5 Å². The Morgan fingerprint density at radius 1 is 0.933 bits per heavy atom. The van der Waals surface area contributed by atoms with Crippen molar-refractivity contribution in [1.82, 2.24) is 10.2 Å². The van der Waals surface area contributed by atoms with Gasteiger partial charge in [0.05, 0.1) is 5.92 Å². The normalized spacial score (nSPS) is 20.5. The van der Waals surface area contributed by atoms with Crippen LogP contribution in [0.2, 0.25) is 0 Å². The first-order valence-corrected chi connectivity index (χ1v) is 11.4. The van der Waals surface area contributed by atoms with Crippen molar-refractivity contribution in [2.75, 3.05) is 18.4 Å². The van der Waals surface area contributed by atoms with Gasteiger partial charge in [-0.05, 0) is 49.9 Å². The quantitative estimate of drug-likeness (QED) is 0.717. The third kappa shape index (κ3) is 6.07. The van der Waals surface area contributed by atoms with Crippen LogP contribution in [0.5, 0.6) is 0 Å². The molecule has 1 saturated carbocycles. The van der Waals surface area contributed by atoms with Gasteiger partial charge in [-0.1, -0.05) is 39.5 Å². The Labute approximate surface area is 179 Å². The molecule has 0 aromatic heterocycles. The molecule has 3 rings (SSSR count). The summed E-state index contributed by atoms with van der Waals surface area (Å²) in [5.41, 5.74) is 1.27. The summed E-state index contributed by atoms with van der Waals surface area (Å²) in [6.45, 7) is 4.83. The van der Waals surface area contributed by atoms with Crippen LogP contribution in [-0.2, 0) is 9.59 Å². The summed E-state index contributed by atoms with van der Waals surface area (Å²) >= 11 is 0. The van der Waals surface area contributed by atoms with E-state index in [4.69, 9.17) is 0 Å². The number of hydrogen-bond donors (Lipinski definition) is 2. The average molecular weight is 414 g/mol. The second-order valence-electron chi connectivity index (χ2n) is 9.01. The highest BCUT2D eigenvalue weighted by Crippen LogP contribution is 2.22. The fraction of sp³-hybridized carbons (Fsp3) is 0.625. The minimum Gasteiger partial charge on any atom is -0.353 e. The number of anilines is 1. The third-order valence-electron chi connectivity index (χ3n) is 6.20. The summed E-state index contributed by atoms with van der Waals surface area (Å²) in [7, 11) is 0. The molecular weight excluding hydrogens is 378 g/mol. The van der Waals surface area contributed by atoms with E-state index in [-0.39, 0.29) is 29.6 Å². The minimum absolute atomic E-state index is 0.0485. The van der Waals surface area contributed by atoms with Gasteiger partial charge in [-0.3, -0.25) is 14.4 Å². The first-order chi connectivity index (χ1) is 14.4. The summed E-state index contributed by atoms with van der Waals surface area (Å²) in [5, 5.41) is 6.08. The maximum Gasteiger partial charge on any atom is 0.253 e. The van der Waals surface area contributed by atoms with Crippen LogP contribution in [-0.4, -0.2) is 41.8 Å². The van der Waals surface area contributed by atoms with E-state index in [1.54, 1.807) is 29.2 Å². The van der Waals surface area contributed by atoms with Gasteiger partial charge in [-0.15, -0.1) is 0 Å². The molecule has 6 heteroatoms. The van der Waals surface area contributed by atoms with Crippen molar-refractivity contribution in [3.8, 4) is 0 Å². The molecule has 1 aromatic carbocycles. The van der Waals surface area contributed by atoms with Gasteiger partial charge in [-0.2, -0.15) is 0 Å². The lowest BCUT2D eigenvalue weighted by Gasteiger charge is -2.33. The molecule has 1 atom stereocenters. The molecule has 0 radical (unpaired) electrons. The Hall–Kier alpha value is -2.37. The zero-order valence-corrected chi connectivity index (χ0v) is 18.3. The molecular formula is C24H35N3O3. The van der Waals surface area contributed by atoms with Crippen LogP contribution in [0.4, 0.5) is 5.69 Å². The van der Waals surface area contributed by atoms with E-state index >= 15 is 0 Å². The predicted molar refractivity (Wildman–Crippen MR) is 118 cm³/mol. The first-order valence-electron chi connectivity index (χ1n) is 11.4. The maximum atomic E-state index is 13.0. The van der Waals surface area contributed by atoms with Crippen LogP contribution in [0.1, 0.15) is 75.6 Å². The number of amides is 3. The fourth-order valence-corrected chi connectivity index (χ4v) is 4.28. The molecule has 1 unspecified atom stereocenters. The van der Waals surface area contributed by atoms with Crippen molar-refractivity contribution in [3.05, 3.63) is 29.8 Å². The number of nitrogens with one attached hydrogen (secondary N) is 2. The zero-order chi connectivity index (χ0) is 21.5. The SMILES string of the molecule is CC(C)C(=O)Nc1ccc(C(=O)N2CCCC(C(=O)NC3CCCCCC3)C2)cc1. The fourth-order valence-electron chi connectivity index (χ4n) is 4.28. The number of rotatable bonds is 5.